The van der Waals surface area contributed by atoms with E-state index < -0.39 is 0 Å². The fourth-order valence-electron chi connectivity index (χ4n) is 7.22. The van der Waals surface area contributed by atoms with Crippen LogP contribution in [-0.4, -0.2) is 34.0 Å². The quantitative estimate of drug-likeness (QED) is 0.189. The summed E-state index contributed by atoms with van der Waals surface area (Å²) >= 11 is 0. The first-order chi connectivity index (χ1) is 13.7. The maximum Gasteiger partial charge on any atom is 2.00 e. The average molecular weight is 511 g/mol. The van der Waals surface area contributed by atoms with E-state index in [4.69, 9.17) is 0 Å². The van der Waals surface area contributed by atoms with Gasteiger partial charge < -0.3 is 14.9 Å². The Hall–Kier alpha value is 1.38. The van der Waals surface area contributed by atoms with Crippen molar-refractivity contribution >= 4 is 15.8 Å². The zero-order valence-corrected chi connectivity index (χ0v) is 24.9. The second kappa shape index (κ2) is 16.9. The van der Waals surface area contributed by atoms with Gasteiger partial charge in [0.15, 0.2) is 0 Å². The SMILES string of the molecule is CCC1CCC(CC)P1C1CCCC1.CCC1CCC(CC)P1C1CCCC1.[CH3-].[CH3-].[Fe+2]. The fourth-order valence-corrected chi connectivity index (χ4v) is 16.2. The minimum Gasteiger partial charge on any atom is -0.358 e. The molecule has 4 aliphatic rings. The summed E-state index contributed by atoms with van der Waals surface area (Å²) in [5.74, 6) is 0. The molecule has 2 saturated heterocycles. The van der Waals surface area contributed by atoms with Gasteiger partial charge in [0.2, 0.25) is 0 Å². The second-order valence-corrected chi connectivity index (χ2v) is 16.3. The van der Waals surface area contributed by atoms with E-state index in [0.717, 1.165) is 22.6 Å². The Labute approximate surface area is 211 Å². The third-order valence-electron chi connectivity index (χ3n) is 8.73. The van der Waals surface area contributed by atoms with Crippen molar-refractivity contribution in [3.8, 4) is 0 Å². The normalized spacial score (nSPS) is 35.6. The van der Waals surface area contributed by atoms with Gasteiger partial charge >= 0.3 is 17.1 Å². The Morgan fingerprint density at radius 3 is 0.871 bits per heavy atom. The van der Waals surface area contributed by atoms with E-state index >= 15 is 0 Å². The Balaban J connectivity index is 0.000000529. The molecule has 0 amide bonds. The van der Waals surface area contributed by atoms with Crippen LogP contribution in [-0.2, 0) is 17.1 Å². The van der Waals surface area contributed by atoms with Crippen molar-refractivity contribution in [2.75, 3.05) is 0 Å². The van der Waals surface area contributed by atoms with Gasteiger partial charge in [-0.05, 0) is 111 Å². The molecular formula is C28H56FeP2. The molecule has 2 saturated carbocycles. The van der Waals surface area contributed by atoms with Crippen LogP contribution in [0.1, 0.15) is 130 Å². The molecule has 0 bridgehead atoms. The fraction of sp³-hybridized carbons (Fsp3) is 0.929. The van der Waals surface area contributed by atoms with Gasteiger partial charge in [0, 0.05) is 0 Å². The third-order valence-corrected chi connectivity index (χ3v) is 17.3. The smallest absolute Gasteiger partial charge is 0.358 e. The molecule has 0 spiro atoms. The predicted molar refractivity (Wildman–Crippen MR) is 146 cm³/mol. The molecule has 0 radical (unpaired) electrons. The molecule has 2 heterocycles. The van der Waals surface area contributed by atoms with E-state index in [9.17, 15) is 0 Å². The molecule has 0 N–H and O–H groups in total. The van der Waals surface area contributed by atoms with Crippen LogP contribution >= 0.6 is 15.8 Å². The Morgan fingerprint density at radius 1 is 0.452 bits per heavy atom. The molecule has 4 unspecified atom stereocenters. The summed E-state index contributed by atoms with van der Waals surface area (Å²) in [5, 5.41) is 0. The molecule has 186 valence electrons. The average Bonchev–Trinajstić information content (AvgIpc) is 3.52. The molecule has 4 fully saturated rings. The summed E-state index contributed by atoms with van der Waals surface area (Å²) < 4.78 is 0. The van der Waals surface area contributed by atoms with Crippen molar-refractivity contribution in [1.82, 2.24) is 0 Å². The summed E-state index contributed by atoms with van der Waals surface area (Å²) in [6.45, 7) is 9.69. The maximum atomic E-state index is 2.42. The largest absolute Gasteiger partial charge is 2.00 e. The van der Waals surface area contributed by atoms with E-state index in [1.54, 1.807) is 51.4 Å². The zero-order valence-electron chi connectivity index (χ0n) is 22.0. The summed E-state index contributed by atoms with van der Waals surface area (Å²) in [7, 11) is 0.853. The summed E-state index contributed by atoms with van der Waals surface area (Å²) in [5.41, 5.74) is 6.97. The van der Waals surface area contributed by atoms with Crippen LogP contribution in [0.2, 0.25) is 0 Å². The maximum absolute atomic E-state index is 2.42. The molecule has 0 aromatic carbocycles. The molecule has 31 heavy (non-hydrogen) atoms. The van der Waals surface area contributed by atoms with Gasteiger partial charge in [-0.1, -0.05) is 69.2 Å². The van der Waals surface area contributed by atoms with E-state index in [1.807, 2.05) is 0 Å². The number of rotatable bonds is 6. The molecule has 2 aliphatic heterocycles. The van der Waals surface area contributed by atoms with Crippen LogP contribution in [0.4, 0.5) is 0 Å². The summed E-state index contributed by atoms with van der Waals surface area (Å²) in [6.07, 6.45) is 24.6. The predicted octanol–water partition coefficient (Wildman–Crippen LogP) is 10.4. The molecule has 4 rings (SSSR count). The van der Waals surface area contributed by atoms with E-state index in [-0.39, 0.29) is 31.9 Å². The number of hydrogen-bond acceptors (Lipinski definition) is 0. The van der Waals surface area contributed by atoms with E-state index in [0.29, 0.717) is 15.8 Å². The molecule has 3 heteroatoms. The first-order valence-corrected chi connectivity index (χ1v) is 16.4. The topological polar surface area (TPSA) is 0 Å². The van der Waals surface area contributed by atoms with Gasteiger partial charge in [-0.25, -0.2) is 0 Å². The van der Waals surface area contributed by atoms with Crippen molar-refractivity contribution in [2.45, 2.75) is 164 Å². The van der Waals surface area contributed by atoms with Crippen LogP contribution in [0, 0.1) is 14.9 Å². The van der Waals surface area contributed by atoms with Crippen molar-refractivity contribution in [3.63, 3.8) is 0 Å². The Bertz CT molecular complexity index is 367. The second-order valence-electron chi connectivity index (χ2n) is 10.2. The first kappa shape index (κ1) is 32.4. The van der Waals surface area contributed by atoms with E-state index in [1.165, 1.54) is 62.7 Å². The standard InChI is InChI=1S/2C13H25P.2CH3.Fe/c2*1-3-11-9-10-12(4-2)14(11)13-7-5-6-8-13;;;/h2*11-13H,3-10H2,1-2H3;2*1H3;/q;;2*-1;+2. The van der Waals surface area contributed by atoms with Crippen LogP contribution in [0.15, 0.2) is 0 Å². The number of hydrogen-bond donors (Lipinski definition) is 0. The molecule has 2 aliphatic carbocycles. The molecule has 0 nitrogen and oxygen atoms in total. The minimum atomic E-state index is 0. The Morgan fingerprint density at radius 2 is 0.677 bits per heavy atom. The van der Waals surface area contributed by atoms with Gasteiger partial charge in [0.25, 0.3) is 0 Å². The van der Waals surface area contributed by atoms with Gasteiger partial charge in [0.1, 0.15) is 0 Å². The van der Waals surface area contributed by atoms with Gasteiger partial charge in [-0.3, -0.25) is 0 Å². The Kier molecular flexibility index (Phi) is 17.7. The van der Waals surface area contributed by atoms with Crippen LogP contribution in [0.5, 0.6) is 0 Å². The molecule has 0 aromatic heterocycles. The molecule has 0 aromatic rings. The zero-order chi connectivity index (χ0) is 19.9. The van der Waals surface area contributed by atoms with Crippen molar-refractivity contribution in [2.24, 2.45) is 0 Å². The van der Waals surface area contributed by atoms with Crippen LogP contribution in [0.25, 0.3) is 0 Å². The molecular weight excluding hydrogens is 454 g/mol. The molecule has 4 atom stereocenters. The van der Waals surface area contributed by atoms with Crippen molar-refractivity contribution in [3.05, 3.63) is 14.9 Å². The van der Waals surface area contributed by atoms with Crippen molar-refractivity contribution in [1.29, 1.82) is 0 Å². The monoisotopic (exact) mass is 510 g/mol. The van der Waals surface area contributed by atoms with Gasteiger partial charge in [-0.2, -0.15) is 0 Å². The van der Waals surface area contributed by atoms with Gasteiger partial charge in [0.05, 0.1) is 0 Å². The van der Waals surface area contributed by atoms with Crippen LogP contribution < -0.4 is 0 Å². The minimum absolute atomic E-state index is 0. The summed E-state index contributed by atoms with van der Waals surface area (Å²) in [4.78, 5) is 0. The third kappa shape index (κ3) is 8.23. The van der Waals surface area contributed by atoms with Gasteiger partial charge in [-0.15, -0.1) is 0 Å². The van der Waals surface area contributed by atoms with E-state index in [2.05, 4.69) is 27.7 Å². The summed E-state index contributed by atoms with van der Waals surface area (Å²) in [6, 6.07) is 0. The van der Waals surface area contributed by atoms with Crippen LogP contribution in [0.3, 0.4) is 0 Å². The van der Waals surface area contributed by atoms with Crippen molar-refractivity contribution < 1.29 is 17.1 Å². The first-order valence-electron chi connectivity index (χ1n) is 13.3.